The molecule has 0 spiro atoms. The van der Waals surface area contributed by atoms with Crippen molar-refractivity contribution in [3.63, 3.8) is 0 Å². The van der Waals surface area contributed by atoms with Crippen molar-refractivity contribution in [1.29, 1.82) is 0 Å². The molecule has 1 aromatic heterocycles. The van der Waals surface area contributed by atoms with Crippen LogP contribution in [0, 0.1) is 19.8 Å². The number of aromatic nitrogens is 1. The topological polar surface area (TPSA) is 36.1 Å². The average Bonchev–Trinajstić information content (AvgIpc) is 3.14. The maximum atomic E-state index is 12.7. The van der Waals surface area contributed by atoms with Gasteiger partial charge in [0, 0.05) is 34.7 Å². The summed E-state index contributed by atoms with van der Waals surface area (Å²) in [4.78, 5) is 18.2. The van der Waals surface area contributed by atoms with E-state index >= 15 is 0 Å². The number of nitrogens with one attached hydrogen (secondary N) is 1. The van der Waals surface area contributed by atoms with Crippen molar-refractivity contribution in [2.24, 2.45) is 5.92 Å². The van der Waals surface area contributed by atoms with Gasteiger partial charge < -0.3 is 9.88 Å². The van der Waals surface area contributed by atoms with Crippen LogP contribution in [0.3, 0.4) is 0 Å². The molecule has 2 aromatic rings. The van der Waals surface area contributed by atoms with E-state index in [9.17, 15) is 4.79 Å². The number of benzene rings is 1. The van der Waals surface area contributed by atoms with Crippen molar-refractivity contribution < 1.29 is 4.79 Å². The predicted molar refractivity (Wildman–Crippen MR) is 79.9 cm³/mol. The van der Waals surface area contributed by atoms with Crippen molar-refractivity contribution in [3.05, 3.63) is 35.0 Å². The Hall–Kier alpha value is -1.77. The quantitative estimate of drug-likeness (QED) is 0.845. The molecule has 20 heavy (non-hydrogen) atoms. The monoisotopic (exact) mass is 268 g/mol. The third-order valence-corrected chi connectivity index (χ3v) is 5.23. The van der Waals surface area contributed by atoms with E-state index in [0.29, 0.717) is 6.04 Å². The van der Waals surface area contributed by atoms with Gasteiger partial charge in [0.15, 0.2) is 0 Å². The van der Waals surface area contributed by atoms with Gasteiger partial charge in [-0.25, -0.2) is 0 Å². The normalized spacial score (nSPS) is 24.8. The van der Waals surface area contributed by atoms with Crippen molar-refractivity contribution >= 4 is 16.8 Å². The van der Waals surface area contributed by atoms with E-state index in [1.165, 1.54) is 35.9 Å². The Kier molecular flexibility index (Phi) is 2.47. The summed E-state index contributed by atoms with van der Waals surface area (Å²) in [7, 11) is 0. The summed E-state index contributed by atoms with van der Waals surface area (Å²) in [6.45, 7) is 5.16. The summed E-state index contributed by atoms with van der Waals surface area (Å²) >= 11 is 0. The summed E-state index contributed by atoms with van der Waals surface area (Å²) in [5.41, 5.74) is 4.40. The molecule has 2 aliphatic rings. The molecule has 0 radical (unpaired) electrons. The maximum absolute atomic E-state index is 12.7. The lowest BCUT2D eigenvalue weighted by atomic mass is 10.1. The van der Waals surface area contributed by atoms with Crippen LogP contribution in [0.15, 0.2) is 18.2 Å². The predicted octanol–water partition coefficient (Wildman–Crippen LogP) is 3.41. The van der Waals surface area contributed by atoms with Gasteiger partial charge in [-0.2, -0.15) is 0 Å². The number of likely N-dealkylation sites (tertiary alicyclic amines) is 1. The number of carbonyl (C=O) groups is 1. The summed E-state index contributed by atoms with van der Waals surface area (Å²) in [6.07, 6.45) is 3.72. The lowest BCUT2D eigenvalue weighted by Gasteiger charge is -2.27. The fourth-order valence-corrected chi connectivity index (χ4v) is 3.93. The fraction of sp³-hybridized carbons (Fsp3) is 0.471. The number of aryl methyl sites for hydroxylation is 2. The van der Waals surface area contributed by atoms with Crippen LogP contribution in [0.5, 0.6) is 0 Å². The first-order valence-corrected chi connectivity index (χ1v) is 7.53. The molecule has 1 aliphatic heterocycles. The Morgan fingerprint density at radius 2 is 2.15 bits per heavy atom. The second-order valence-electron chi connectivity index (χ2n) is 6.43. The number of nitrogens with zero attached hydrogens (tertiary/aromatic N) is 1. The molecular formula is C17H20N2O. The largest absolute Gasteiger partial charge is 0.358 e. The number of amides is 1. The molecule has 1 aromatic carbocycles. The highest BCUT2D eigenvalue weighted by Gasteiger charge is 2.40. The Bertz CT molecular complexity index is 700. The van der Waals surface area contributed by atoms with Crippen LogP contribution in [0.25, 0.3) is 10.9 Å². The highest BCUT2D eigenvalue weighted by atomic mass is 16.2. The van der Waals surface area contributed by atoms with Gasteiger partial charge in [-0.15, -0.1) is 0 Å². The fourth-order valence-electron chi connectivity index (χ4n) is 3.93. The van der Waals surface area contributed by atoms with Gasteiger partial charge in [0.05, 0.1) is 0 Å². The van der Waals surface area contributed by atoms with Crippen molar-refractivity contribution in [1.82, 2.24) is 9.88 Å². The van der Waals surface area contributed by atoms with Crippen molar-refractivity contribution in [2.45, 2.75) is 39.2 Å². The molecule has 1 saturated carbocycles. The van der Waals surface area contributed by atoms with Crippen molar-refractivity contribution in [3.8, 4) is 0 Å². The maximum Gasteiger partial charge on any atom is 0.254 e. The van der Waals surface area contributed by atoms with Crippen LogP contribution in [0.4, 0.5) is 0 Å². The van der Waals surface area contributed by atoms with Gasteiger partial charge in [-0.3, -0.25) is 4.79 Å². The number of fused-ring (bicyclic) bond motifs is 3. The molecule has 3 heteroatoms. The summed E-state index contributed by atoms with van der Waals surface area (Å²) in [5, 5.41) is 1.18. The van der Waals surface area contributed by atoms with Crippen molar-refractivity contribution in [2.75, 3.05) is 6.54 Å². The van der Waals surface area contributed by atoms with Crippen LogP contribution in [-0.2, 0) is 0 Å². The molecule has 1 saturated heterocycles. The van der Waals surface area contributed by atoms with Gasteiger partial charge in [0.2, 0.25) is 0 Å². The zero-order chi connectivity index (χ0) is 13.9. The smallest absolute Gasteiger partial charge is 0.254 e. The van der Waals surface area contributed by atoms with Gasteiger partial charge >= 0.3 is 0 Å². The Morgan fingerprint density at radius 1 is 1.30 bits per heavy atom. The number of aromatic amines is 1. The van der Waals surface area contributed by atoms with E-state index < -0.39 is 0 Å². The van der Waals surface area contributed by atoms with E-state index in [4.69, 9.17) is 0 Å². The van der Waals surface area contributed by atoms with E-state index in [2.05, 4.69) is 29.8 Å². The number of carbonyl (C=O) groups excluding carboxylic acids is 1. The third-order valence-electron chi connectivity index (χ3n) is 5.23. The van der Waals surface area contributed by atoms with Gasteiger partial charge in [-0.1, -0.05) is 0 Å². The minimum Gasteiger partial charge on any atom is -0.358 e. The number of piperidine rings is 1. The van der Waals surface area contributed by atoms with Gasteiger partial charge in [-0.05, 0) is 62.8 Å². The molecule has 3 nitrogen and oxygen atoms in total. The van der Waals surface area contributed by atoms with E-state index in [1.54, 1.807) is 0 Å². The molecule has 1 aliphatic carbocycles. The molecule has 2 atom stereocenters. The molecule has 1 N–H and O–H groups in total. The Balaban J connectivity index is 1.71. The van der Waals surface area contributed by atoms with E-state index in [-0.39, 0.29) is 5.91 Å². The van der Waals surface area contributed by atoms with Crippen LogP contribution in [0.2, 0.25) is 0 Å². The number of hydrogen-bond acceptors (Lipinski definition) is 1. The highest BCUT2D eigenvalue weighted by Crippen LogP contribution is 2.38. The lowest BCUT2D eigenvalue weighted by Crippen LogP contribution is -2.37. The second-order valence-corrected chi connectivity index (χ2v) is 6.43. The Labute approximate surface area is 119 Å². The van der Waals surface area contributed by atoms with E-state index in [0.717, 1.165) is 23.5 Å². The number of H-pyrrole nitrogens is 1. The highest BCUT2D eigenvalue weighted by molar-refractivity contribution is 5.99. The summed E-state index contributed by atoms with van der Waals surface area (Å²) in [6, 6.07) is 6.56. The molecule has 4 rings (SSSR count). The van der Waals surface area contributed by atoms with Crippen LogP contribution < -0.4 is 0 Å². The molecular weight excluding hydrogens is 248 g/mol. The van der Waals surface area contributed by atoms with Crippen LogP contribution in [-0.4, -0.2) is 28.4 Å². The lowest BCUT2D eigenvalue weighted by molar-refractivity contribution is 0.0704. The minimum atomic E-state index is 0.220. The molecule has 1 amide bonds. The van der Waals surface area contributed by atoms with E-state index in [1.807, 2.05) is 12.1 Å². The molecule has 2 fully saturated rings. The zero-order valence-corrected chi connectivity index (χ0v) is 12.1. The van der Waals surface area contributed by atoms with Gasteiger partial charge in [0.1, 0.15) is 0 Å². The minimum absolute atomic E-state index is 0.220. The molecule has 2 heterocycles. The van der Waals surface area contributed by atoms with Crippen LogP contribution >= 0.6 is 0 Å². The van der Waals surface area contributed by atoms with Crippen LogP contribution in [0.1, 0.15) is 40.9 Å². The number of rotatable bonds is 1. The second kappa shape index (κ2) is 4.11. The third kappa shape index (κ3) is 1.62. The SMILES string of the molecule is Cc1[nH]c2ccc(C(=O)N3CC4CCC3C4)cc2c1C. The first kappa shape index (κ1) is 12.0. The molecule has 104 valence electrons. The molecule has 2 bridgehead atoms. The van der Waals surface area contributed by atoms with Gasteiger partial charge in [0.25, 0.3) is 5.91 Å². The first-order chi connectivity index (χ1) is 9.63. The summed E-state index contributed by atoms with van der Waals surface area (Å²) < 4.78 is 0. The Morgan fingerprint density at radius 3 is 2.85 bits per heavy atom. The first-order valence-electron chi connectivity index (χ1n) is 7.53. The summed E-state index contributed by atoms with van der Waals surface area (Å²) in [5.74, 6) is 0.973. The number of hydrogen-bond donors (Lipinski definition) is 1. The zero-order valence-electron chi connectivity index (χ0n) is 12.1. The standard InChI is InChI=1S/C17H20N2O/c1-10-11(2)18-16-6-4-13(8-15(10)16)17(20)19-9-12-3-5-14(19)7-12/h4,6,8,12,14,18H,3,5,7,9H2,1-2H3. The average molecular weight is 268 g/mol. The molecule has 2 unspecified atom stereocenters.